The van der Waals surface area contributed by atoms with E-state index in [1.165, 1.54) is 0 Å². The van der Waals surface area contributed by atoms with Crippen LogP contribution in [-0.2, 0) is 4.74 Å². The van der Waals surface area contributed by atoms with Gasteiger partial charge < -0.3 is 19.5 Å². The number of halogens is 1. The van der Waals surface area contributed by atoms with Crippen molar-refractivity contribution in [3.05, 3.63) is 53.6 Å². The minimum atomic E-state index is -0.445. The molecular formula is C18H20ClNO4. The number of hydrogen-bond donors (Lipinski definition) is 1. The van der Waals surface area contributed by atoms with Crippen molar-refractivity contribution in [1.82, 2.24) is 5.32 Å². The molecule has 0 atom stereocenters. The molecule has 5 nitrogen and oxygen atoms in total. The van der Waals surface area contributed by atoms with E-state index in [0.29, 0.717) is 35.4 Å². The maximum atomic E-state index is 11.3. The summed E-state index contributed by atoms with van der Waals surface area (Å²) in [5.74, 6) is 2.04. The zero-order valence-corrected chi connectivity index (χ0v) is 14.4. The van der Waals surface area contributed by atoms with Gasteiger partial charge in [0.2, 0.25) is 0 Å². The number of carbonyl (C=O) groups is 1. The molecule has 0 aromatic heterocycles. The van der Waals surface area contributed by atoms with Crippen LogP contribution in [0.25, 0.3) is 0 Å². The third-order valence-corrected chi connectivity index (χ3v) is 3.07. The van der Waals surface area contributed by atoms with Crippen LogP contribution in [0.2, 0.25) is 5.02 Å². The molecule has 0 spiro atoms. The van der Waals surface area contributed by atoms with E-state index in [0.717, 1.165) is 0 Å². The first kappa shape index (κ1) is 17.9. The molecule has 1 amide bonds. The molecule has 0 aliphatic rings. The van der Waals surface area contributed by atoms with Gasteiger partial charge in [-0.1, -0.05) is 17.7 Å². The van der Waals surface area contributed by atoms with E-state index in [1.54, 1.807) is 50.2 Å². The molecule has 0 saturated heterocycles. The number of amides is 1. The standard InChI is InChI=1S/C18H20ClNO4/c1-13(2)23-18(21)20-10-11-22-15-6-8-16(9-7-15)24-17-5-3-4-14(19)12-17/h3-9,12-13H,10-11H2,1-2H3,(H,20,21). The fourth-order valence-electron chi connectivity index (χ4n) is 1.85. The van der Waals surface area contributed by atoms with Crippen LogP contribution in [-0.4, -0.2) is 25.3 Å². The molecular weight excluding hydrogens is 330 g/mol. The molecule has 128 valence electrons. The Morgan fingerprint density at radius 1 is 1.08 bits per heavy atom. The van der Waals surface area contributed by atoms with E-state index in [2.05, 4.69) is 5.32 Å². The van der Waals surface area contributed by atoms with Crippen molar-refractivity contribution in [3.8, 4) is 17.2 Å². The molecule has 2 aromatic carbocycles. The third-order valence-electron chi connectivity index (χ3n) is 2.84. The molecule has 0 radical (unpaired) electrons. The Morgan fingerprint density at radius 2 is 1.79 bits per heavy atom. The Kier molecular flexibility index (Phi) is 6.75. The highest BCUT2D eigenvalue weighted by molar-refractivity contribution is 6.30. The largest absolute Gasteiger partial charge is 0.492 e. The van der Waals surface area contributed by atoms with Gasteiger partial charge in [0.25, 0.3) is 0 Å². The summed E-state index contributed by atoms with van der Waals surface area (Å²) in [7, 11) is 0. The van der Waals surface area contributed by atoms with Gasteiger partial charge >= 0.3 is 6.09 Å². The average Bonchev–Trinajstić information content (AvgIpc) is 2.52. The Hall–Kier alpha value is -2.40. The normalized spacial score (nSPS) is 10.3. The molecule has 2 rings (SSSR count). The number of hydrogen-bond acceptors (Lipinski definition) is 4. The highest BCUT2D eigenvalue weighted by Gasteiger charge is 2.04. The van der Waals surface area contributed by atoms with E-state index in [1.807, 2.05) is 12.1 Å². The molecule has 0 saturated carbocycles. The zero-order valence-electron chi connectivity index (χ0n) is 13.6. The van der Waals surface area contributed by atoms with Crippen LogP contribution < -0.4 is 14.8 Å². The van der Waals surface area contributed by atoms with Crippen LogP contribution in [0.5, 0.6) is 17.2 Å². The van der Waals surface area contributed by atoms with Crippen LogP contribution in [0.1, 0.15) is 13.8 Å². The monoisotopic (exact) mass is 349 g/mol. The van der Waals surface area contributed by atoms with Gasteiger partial charge in [-0.2, -0.15) is 0 Å². The summed E-state index contributed by atoms with van der Waals surface area (Å²) in [6.07, 6.45) is -0.586. The SMILES string of the molecule is CC(C)OC(=O)NCCOc1ccc(Oc2cccc(Cl)c2)cc1. The molecule has 0 bridgehead atoms. The Morgan fingerprint density at radius 3 is 2.46 bits per heavy atom. The van der Waals surface area contributed by atoms with Crippen molar-refractivity contribution in [2.24, 2.45) is 0 Å². The van der Waals surface area contributed by atoms with Crippen molar-refractivity contribution in [3.63, 3.8) is 0 Å². The van der Waals surface area contributed by atoms with Crippen LogP contribution in [0.15, 0.2) is 48.5 Å². The van der Waals surface area contributed by atoms with Gasteiger partial charge in [0.15, 0.2) is 0 Å². The Labute approximate surface area is 146 Å². The quantitative estimate of drug-likeness (QED) is 0.739. The minimum absolute atomic E-state index is 0.141. The number of rotatable bonds is 7. The van der Waals surface area contributed by atoms with Crippen molar-refractivity contribution >= 4 is 17.7 Å². The minimum Gasteiger partial charge on any atom is -0.492 e. The van der Waals surface area contributed by atoms with Crippen molar-refractivity contribution in [1.29, 1.82) is 0 Å². The topological polar surface area (TPSA) is 56.8 Å². The van der Waals surface area contributed by atoms with Crippen LogP contribution in [0.4, 0.5) is 4.79 Å². The first-order chi connectivity index (χ1) is 11.5. The van der Waals surface area contributed by atoms with Gasteiger partial charge in [-0.25, -0.2) is 4.79 Å². The molecule has 0 aliphatic heterocycles. The van der Waals surface area contributed by atoms with Crippen LogP contribution in [0.3, 0.4) is 0 Å². The van der Waals surface area contributed by atoms with Gasteiger partial charge in [-0.05, 0) is 56.3 Å². The third kappa shape index (κ3) is 6.38. The predicted molar refractivity (Wildman–Crippen MR) is 93.1 cm³/mol. The van der Waals surface area contributed by atoms with Crippen LogP contribution >= 0.6 is 11.6 Å². The number of carbonyl (C=O) groups excluding carboxylic acids is 1. The first-order valence-corrected chi connectivity index (χ1v) is 8.01. The lowest BCUT2D eigenvalue weighted by molar-refractivity contribution is 0.114. The summed E-state index contributed by atoms with van der Waals surface area (Å²) in [6, 6.07) is 14.4. The smallest absolute Gasteiger partial charge is 0.407 e. The number of benzene rings is 2. The maximum absolute atomic E-state index is 11.3. The summed E-state index contributed by atoms with van der Waals surface area (Å²) >= 11 is 5.92. The highest BCUT2D eigenvalue weighted by atomic mass is 35.5. The van der Waals surface area contributed by atoms with E-state index in [-0.39, 0.29) is 6.10 Å². The van der Waals surface area contributed by atoms with Crippen molar-refractivity contribution < 1.29 is 19.0 Å². The molecule has 0 fully saturated rings. The maximum Gasteiger partial charge on any atom is 0.407 e. The molecule has 0 heterocycles. The molecule has 24 heavy (non-hydrogen) atoms. The molecule has 2 aromatic rings. The highest BCUT2D eigenvalue weighted by Crippen LogP contribution is 2.25. The van der Waals surface area contributed by atoms with Gasteiger partial charge in [0.1, 0.15) is 23.9 Å². The average molecular weight is 350 g/mol. The van der Waals surface area contributed by atoms with Crippen molar-refractivity contribution in [2.45, 2.75) is 20.0 Å². The fraction of sp³-hybridized carbons (Fsp3) is 0.278. The molecule has 0 aliphatic carbocycles. The second kappa shape index (κ2) is 9.03. The van der Waals surface area contributed by atoms with Gasteiger partial charge in [0, 0.05) is 5.02 Å². The fourth-order valence-corrected chi connectivity index (χ4v) is 2.03. The Bertz CT molecular complexity index is 658. The summed E-state index contributed by atoms with van der Waals surface area (Å²) in [5.41, 5.74) is 0. The van der Waals surface area contributed by atoms with Crippen LogP contribution in [0, 0.1) is 0 Å². The molecule has 1 N–H and O–H groups in total. The van der Waals surface area contributed by atoms with E-state index in [9.17, 15) is 4.79 Å². The van der Waals surface area contributed by atoms with E-state index in [4.69, 9.17) is 25.8 Å². The lowest BCUT2D eigenvalue weighted by Gasteiger charge is -2.11. The summed E-state index contributed by atoms with van der Waals surface area (Å²) in [6.45, 7) is 4.31. The number of nitrogens with one attached hydrogen (secondary N) is 1. The van der Waals surface area contributed by atoms with E-state index >= 15 is 0 Å². The number of alkyl carbamates (subject to hydrolysis) is 1. The second-order valence-corrected chi connectivity index (χ2v) is 5.70. The summed E-state index contributed by atoms with van der Waals surface area (Å²) < 4.78 is 16.2. The summed E-state index contributed by atoms with van der Waals surface area (Å²) in [4.78, 5) is 11.3. The lowest BCUT2D eigenvalue weighted by atomic mass is 10.3. The van der Waals surface area contributed by atoms with Gasteiger partial charge in [-0.3, -0.25) is 0 Å². The number of ether oxygens (including phenoxy) is 3. The second-order valence-electron chi connectivity index (χ2n) is 5.26. The van der Waals surface area contributed by atoms with Gasteiger partial charge in [0.05, 0.1) is 12.6 Å². The lowest BCUT2D eigenvalue weighted by Crippen LogP contribution is -2.30. The zero-order chi connectivity index (χ0) is 17.4. The molecule has 0 unspecified atom stereocenters. The summed E-state index contributed by atoms with van der Waals surface area (Å²) in [5, 5.41) is 3.23. The molecule has 6 heteroatoms. The Balaban J connectivity index is 1.75. The first-order valence-electron chi connectivity index (χ1n) is 7.63. The van der Waals surface area contributed by atoms with Crippen molar-refractivity contribution in [2.75, 3.05) is 13.2 Å². The predicted octanol–water partition coefficient (Wildman–Crippen LogP) is 4.65. The van der Waals surface area contributed by atoms with Gasteiger partial charge in [-0.15, -0.1) is 0 Å². The van der Waals surface area contributed by atoms with E-state index < -0.39 is 6.09 Å².